The highest BCUT2D eigenvalue weighted by atomic mass is 35.5. The molecule has 2 amide bonds. The fourth-order valence-corrected chi connectivity index (χ4v) is 2.99. The van der Waals surface area contributed by atoms with Gasteiger partial charge in [0.15, 0.2) is 0 Å². The van der Waals surface area contributed by atoms with E-state index in [0.717, 1.165) is 29.4 Å². The average molecular weight is 355 g/mol. The number of urea groups is 1. The van der Waals surface area contributed by atoms with Crippen LogP contribution in [0.25, 0.3) is 0 Å². The number of halogens is 1. The molecule has 1 fully saturated rings. The van der Waals surface area contributed by atoms with Crippen molar-refractivity contribution in [3.05, 3.63) is 58.6 Å². The summed E-state index contributed by atoms with van der Waals surface area (Å²) in [5, 5.41) is 12.5. The molecule has 5 nitrogen and oxygen atoms in total. The Balaban J connectivity index is 1.58. The molecular weight excluding hydrogens is 336 g/mol. The minimum absolute atomic E-state index is 0.142. The maximum Gasteiger partial charge on any atom is 0.321 e. The lowest BCUT2D eigenvalue weighted by atomic mass is 10.2. The second-order valence-electron chi connectivity index (χ2n) is 6.03. The number of carbonyl (C=O) groups is 1. The van der Waals surface area contributed by atoms with E-state index in [1.807, 2.05) is 19.1 Å². The first kappa shape index (κ1) is 17.1. The zero-order chi connectivity index (χ0) is 17.8. The van der Waals surface area contributed by atoms with Crippen molar-refractivity contribution in [2.45, 2.75) is 6.92 Å². The average Bonchev–Trinajstić information content (AvgIpc) is 2.64. The largest absolute Gasteiger partial charge is 0.368 e. The summed E-state index contributed by atoms with van der Waals surface area (Å²) < 4.78 is 0. The van der Waals surface area contributed by atoms with Crippen LogP contribution in [0.4, 0.5) is 16.2 Å². The van der Waals surface area contributed by atoms with E-state index in [1.165, 1.54) is 0 Å². The van der Waals surface area contributed by atoms with Crippen molar-refractivity contribution in [2.24, 2.45) is 0 Å². The molecule has 0 aromatic heterocycles. The molecule has 2 aromatic rings. The summed E-state index contributed by atoms with van der Waals surface area (Å²) in [6.45, 7) is 4.76. The fourth-order valence-electron chi connectivity index (χ4n) is 2.82. The highest BCUT2D eigenvalue weighted by Crippen LogP contribution is 2.24. The third-order valence-electron chi connectivity index (χ3n) is 4.33. The number of piperazine rings is 1. The second kappa shape index (κ2) is 7.45. The Hall–Kier alpha value is -2.71. The molecule has 6 heteroatoms. The number of nitriles is 1. The molecule has 3 rings (SSSR count). The lowest BCUT2D eigenvalue weighted by molar-refractivity contribution is 0.208. The molecule has 1 aliphatic heterocycles. The van der Waals surface area contributed by atoms with Crippen molar-refractivity contribution in [1.82, 2.24) is 4.90 Å². The summed E-state index contributed by atoms with van der Waals surface area (Å²) in [6.07, 6.45) is 0. The molecule has 1 N–H and O–H groups in total. The van der Waals surface area contributed by atoms with E-state index >= 15 is 0 Å². The maximum absolute atomic E-state index is 12.4. The zero-order valence-electron chi connectivity index (χ0n) is 14.0. The van der Waals surface area contributed by atoms with Gasteiger partial charge in [0.2, 0.25) is 0 Å². The number of hydrogen-bond acceptors (Lipinski definition) is 3. The normalized spacial score (nSPS) is 14.1. The van der Waals surface area contributed by atoms with Gasteiger partial charge in [-0.1, -0.05) is 23.7 Å². The molecular formula is C19H19ClN4O. The first-order chi connectivity index (χ1) is 12.1. The lowest BCUT2D eigenvalue weighted by Gasteiger charge is -2.36. The molecule has 0 saturated carbocycles. The number of nitrogens with zero attached hydrogens (tertiary/aromatic N) is 3. The second-order valence-corrected chi connectivity index (χ2v) is 6.44. The smallest absolute Gasteiger partial charge is 0.321 e. The summed E-state index contributed by atoms with van der Waals surface area (Å²) in [7, 11) is 0. The van der Waals surface area contributed by atoms with Gasteiger partial charge in [-0.3, -0.25) is 0 Å². The molecule has 128 valence electrons. The predicted molar refractivity (Wildman–Crippen MR) is 100 cm³/mol. The Morgan fingerprint density at radius 3 is 2.60 bits per heavy atom. The molecule has 0 radical (unpaired) electrons. The number of benzene rings is 2. The Bertz CT molecular complexity index is 822. The van der Waals surface area contributed by atoms with Gasteiger partial charge in [-0.15, -0.1) is 0 Å². The number of rotatable bonds is 2. The van der Waals surface area contributed by atoms with E-state index in [9.17, 15) is 4.79 Å². The minimum Gasteiger partial charge on any atom is -0.368 e. The van der Waals surface area contributed by atoms with Gasteiger partial charge in [-0.2, -0.15) is 5.26 Å². The van der Waals surface area contributed by atoms with Crippen LogP contribution in [-0.4, -0.2) is 37.1 Å². The summed E-state index contributed by atoms with van der Waals surface area (Å²) in [6, 6.07) is 14.9. The van der Waals surface area contributed by atoms with Crippen LogP contribution in [-0.2, 0) is 0 Å². The van der Waals surface area contributed by atoms with Crippen LogP contribution in [0.2, 0.25) is 5.02 Å². The quantitative estimate of drug-likeness (QED) is 0.890. The van der Waals surface area contributed by atoms with E-state index in [0.29, 0.717) is 24.3 Å². The topological polar surface area (TPSA) is 59.4 Å². The van der Waals surface area contributed by atoms with Gasteiger partial charge in [0, 0.05) is 42.6 Å². The van der Waals surface area contributed by atoms with Crippen LogP contribution in [0.5, 0.6) is 0 Å². The number of amides is 2. The molecule has 0 bridgehead atoms. The monoisotopic (exact) mass is 354 g/mol. The van der Waals surface area contributed by atoms with Gasteiger partial charge in [0.25, 0.3) is 0 Å². The number of anilines is 2. The minimum atomic E-state index is -0.142. The van der Waals surface area contributed by atoms with Crippen LogP contribution < -0.4 is 10.2 Å². The SMILES string of the molecule is Cc1ccc(N2CCN(C(=O)Nc3cccc(C#N)c3)CC2)cc1Cl. The van der Waals surface area contributed by atoms with Crippen molar-refractivity contribution in [3.63, 3.8) is 0 Å². The molecule has 1 aliphatic rings. The Labute approximate surface area is 152 Å². The van der Waals surface area contributed by atoms with E-state index in [1.54, 1.807) is 29.2 Å². The lowest BCUT2D eigenvalue weighted by Crippen LogP contribution is -2.50. The fraction of sp³-hybridized carbons (Fsp3) is 0.263. The first-order valence-corrected chi connectivity index (χ1v) is 8.52. The van der Waals surface area contributed by atoms with Gasteiger partial charge in [-0.05, 0) is 42.8 Å². The van der Waals surface area contributed by atoms with Crippen LogP contribution in [0.3, 0.4) is 0 Å². The highest BCUT2D eigenvalue weighted by Gasteiger charge is 2.21. The van der Waals surface area contributed by atoms with Gasteiger partial charge in [-0.25, -0.2) is 4.79 Å². The van der Waals surface area contributed by atoms with Crippen LogP contribution in [0.1, 0.15) is 11.1 Å². The van der Waals surface area contributed by atoms with Crippen molar-refractivity contribution in [3.8, 4) is 6.07 Å². The van der Waals surface area contributed by atoms with Crippen molar-refractivity contribution in [2.75, 3.05) is 36.4 Å². The molecule has 2 aromatic carbocycles. The Kier molecular flexibility index (Phi) is 5.11. The van der Waals surface area contributed by atoms with Crippen molar-refractivity contribution < 1.29 is 4.79 Å². The molecule has 0 atom stereocenters. The maximum atomic E-state index is 12.4. The first-order valence-electron chi connectivity index (χ1n) is 8.14. The van der Waals surface area contributed by atoms with Gasteiger partial charge in [0.1, 0.15) is 0 Å². The highest BCUT2D eigenvalue weighted by molar-refractivity contribution is 6.31. The predicted octanol–water partition coefficient (Wildman–Crippen LogP) is 3.87. The molecule has 1 heterocycles. The third-order valence-corrected chi connectivity index (χ3v) is 4.74. The van der Waals surface area contributed by atoms with Gasteiger partial charge < -0.3 is 15.1 Å². The standard InChI is InChI=1S/C19H19ClN4O/c1-14-5-6-17(12-18(14)20)23-7-9-24(10-8-23)19(25)22-16-4-2-3-15(11-16)13-21/h2-6,11-12H,7-10H2,1H3,(H,22,25). The molecule has 1 saturated heterocycles. The summed E-state index contributed by atoms with van der Waals surface area (Å²) >= 11 is 6.20. The molecule has 0 spiro atoms. The number of carbonyl (C=O) groups excluding carboxylic acids is 1. The van der Waals surface area contributed by atoms with E-state index in [-0.39, 0.29) is 6.03 Å². The molecule has 25 heavy (non-hydrogen) atoms. The Morgan fingerprint density at radius 2 is 1.92 bits per heavy atom. The van der Waals surface area contributed by atoms with E-state index in [4.69, 9.17) is 16.9 Å². The number of aryl methyl sites for hydroxylation is 1. The van der Waals surface area contributed by atoms with Gasteiger partial charge >= 0.3 is 6.03 Å². The van der Waals surface area contributed by atoms with E-state index < -0.39 is 0 Å². The summed E-state index contributed by atoms with van der Waals surface area (Å²) in [5.74, 6) is 0. The molecule has 0 aliphatic carbocycles. The number of hydrogen-bond donors (Lipinski definition) is 1. The van der Waals surface area contributed by atoms with Crippen LogP contribution in [0, 0.1) is 18.3 Å². The van der Waals surface area contributed by atoms with Crippen LogP contribution >= 0.6 is 11.6 Å². The van der Waals surface area contributed by atoms with E-state index in [2.05, 4.69) is 22.4 Å². The van der Waals surface area contributed by atoms with Crippen molar-refractivity contribution in [1.29, 1.82) is 5.26 Å². The third kappa shape index (κ3) is 4.04. The van der Waals surface area contributed by atoms with Crippen molar-refractivity contribution >= 4 is 29.0 Å². The summed E-state index contributed by atoms with van der Waals surface area (Å²) in [5.41, 5.74) is 3.30. The molecule has 0 unspecified atom stereocenters. The summed E-state index contributed by atoms with van der Waals surface area (Å²) in [4.78, 5) is 16.4. The zero-order valence-corrected chi connectivity index (χ0v) is 14.8. The number of nitrogens with one attached hydrogen (secondary N) is 1. The van der Waals surface area contributed by atoms with Crippen LogP contribution in [0.15, 0.2) is 42.5 Å². The van der Waals surface area contributed by atoms with Gasteiger partial charge in [0.05, 0.1) is 11.6 Å². The Morgan fingerprint density at radius 1 is 1.16 bits per heavy atom.